The lowest BCUT2D eigenvalue weighted by Crippen LogP contribution is -2.35. The number of aryl methyl sites for hydroxylation is 1. The molecule has 1 atom stereocenters. The Morgan fingerprint density at radius 1 is 1.12 bits per heavy atom. The molecule has 2 aromatic carbocycles. The third kappa shape index (κ3) is 3.11. The molecule has 1 unspecified atom stereocenters. The van der Waals surface area contributed by atoms with Crippen molar-refractivity contribution in [2.45, 2.75) is 17.9 Å². The normalized spacial score (nSPS) is 13.4. The van der Waals surface area contributed by atoms with Crippen LogP contribution in [0.5, 0.6) is 0 Å². The fourth-order valence-corrected chi connectivity index (χ4v) is 4.53. The number of rotatable bonds is 5. The predicted molar refractivity (Wildman–Crippen MR) is 96.8 cm³/mol. The molecule has 0 amide bonds. The SMILES string of the molecule is Cc1cc2[nH]c(=O)[nH]c2cc1S(=O)(=O)N(C)C(CN)c1ccccc1. The van der Waals surface area contributed by atoms with E-state index in [2.05, 4.69) is 9.97 Å². The van der Waals surface area contributed by atoms with Crippen LogP contribution in [0.2, 0.25) is 0 Å². The number of H-pyrrole nitrogens is 2. The molecule has 0 aliphatic carbocycles. The number of sulfonamides is 1. The topological polar surface area (TPSA) is 112 Å². The minimum absolute atomic E-state index is 0.145. The van der Waals surface area contributed by atoms with Gasteiger partial charge < -0.3 is 15.7 Å². The van der Waals surface area contributed by atoms with Crippen molar-refractivity contribution in [1.29, 1.82) is 0 Å². The number of hydrogen-bond donors (Lipinski definition) is 3. The van der Waals surface area contributed by atoms with E-state index < -0.39 is 16.1 Å². The summed E-state index contributed by atoms with van der Waals surface area (Å²) >= 11 is 0. The van der Waals surface area contributed by atoms with Gasteiger partial charge in [-0.3, -0.25) is 0 Å². The van der Waals surface area contributed by atoms with E-state index in [9.17, 15) is 13.2 Å². The second kappa shape index (κ2) is 6.47. The number of imidazole rings is 1. The smallest absolute Gasteiger partial charge is 0.323 e. The van der Waals surface area contributed by atoms with Gasteiger partial charge in [0.05, 0.1) is 22.0 Å². The van der Waals surface area contributed by atoms with Crippen LogP contribution in [0, 0.1) is 6.92 Å². The zero-order valence-electron chi connectivity index (χ0n) is 14.0. The van der Waals surface area contributed by atoms with Gasteiger partial charge in [0.15, 0.2) is 0 Å². The van der Waals surface area contributed by atoms with E-state index in [1.165, 1.54) is 17.4 Å². The Bertz CT molecular complexity index is 1050. The van der Waals surface area contributed by atoms with E-state index in [0.29, 0.717) is 16.6 Å². The first-order valence-corrected chi connectivity index (χ1v) is 9.24. The molecule has 4 N–H and O–H groups in total. The molecule has 0 saturated heterocycles. The molecule has 3 aromatic rings. The quantitative estimate of drug-likeness (QED) is 0.640. The average Bonchev–Trinajstić information content (AvgIpc) is 2.94. The van der Waals surface area contributed by atoms with Gasteiger partial charge in [0, 0.05) is 13.6 Å². The van der Waals surface area contributed by atoms with Gasteiger partial charge in [-0.15, -0.1) is 0 Å². The highest BCUT2D eigenvalue weighted by Crippen LogP contribution is 2.28. The Balaban J connectivity index is 2.08. The van der Waals surface area contributed by atoms with Gasteiger partial charge in [0.2, 0.25) is 10.0 Å². The molecule has 1 aromatic heterocycles. The van der Waals surface area contributed by atoms with Crippen LogP contribution in [0.3, 0.4) is 0 Å². The summed E-state index contributed by atoms with van der Waals surface area (Å²) in [6, 6.07) is 11.9. The number of nitrogens with zero attached hydrogens (tertiary/aromatic N) is 1. The maximum absolute atomic E-state index is 13.1. The third-order valence-electron chi connectivity index (χ3n) is 4.32. The van der Waals surface area contributed by atoms with E-state index >= 15 is 0 Å². The van der Waals surface area contributed by atoms with Gasteiger partial charge in [-0.05, 0) is 30.2 Å². The molecule has 0 spiro atoms. The molecule has 1 heterocycles. The standard InChI is InChI=1S/C17H20N4O3S/c1-11-8-13-14(20-17(22)19-13)9-16(11)25(23,24)21(2)15(10-18)12-6-4-3-5-7-12/h3-9,15H,10,18H2,1-2H3,(H2,19,20,22). The number of fused-ring (bicyclic) bond motifs is 1. The molecular weight excluding hydrogens is 340 g/mol. The Hall–Kier alpha value is -2.42. The van der Waals surface area contributed by atoms with Crippen molar-refractivity contribution in [3.8, 4) is 0 Å². The molecule has 0 saturated carbocycles. The zero-order valence-corrected chi connectivity index (χ0v) is 14.8. The van der Waals surface area contributed by atoms with Crippen molar-refractivity contribution < 1.29 is 8.42 Å². The van der Waals surface area contributed by atoms with Crippen molar-refractivity contribution in [3.05, 3.63) is 64.1 Å². The lowest BCUT2D eigenvalue weighted by atomic mass is 10.1. The Kier molecular flexibility index (Phi) is 4.51. The number of nitrogens with one attached hydrogen (secondary N) is 2. The van der Waals surface area contributed by atoms with Gasteiger partial charge in [0.1, 0.15) is 0 Å². The Morgan fingerprint density at radius 2 is 1.72 bits per heavy atom. The molecule has 0 bridgehead atoms. The van der Waals surface area contributed by atoms with Crippen LogP contribution in [0.15, 0.2) is 52.2 Å². The lowest BCUT2D eigenvalue weighted by Gasteiger charge is -2.27. The highest BCUT2D eigenvalue weighted by atomic mass is 32.2. The number of hydrogen-bond acceptors (Lipinski definition) is 4. The van der Waals surface area contributed by atoms with Gasteiger partial charge in [-0.1, -0.05) is 30.3 Å². The summed E-state index contributed by atoms with van der Waals surface area (Å²) in [5.74, 6) is 0. The van der Waals surface area contributed by atoms with Crippen molar-refractivity contribution in [2.24, 2.45) is 5.73 Å². The molecule has 0 fully saturated rings. The van der Waals surface area contributed by atoms with Crippen molar-refractivity contribution >= 4 is 21.1 Å². The van der Waals surface area contributed by atoms with E-state index in [0.717, 1.165) is 5.56 Å². The maximum Gasteiger partial charge on any atom is 0.323 e. The first-order chi connectivity index (χ1) is 11.8. The highest BCUT2D eigenvalue weighted by molar-refractivity contribution is 7.89. The van der Waals surface area contributed by atoms with Crippen LogP contribution in [0.4, 0.5) is 0 Å². The minimum Gasteiger partial charge on any atom is -0.329 e. The molecule has 0 aliphatic rings. The number of likely N-dealkylation sites (N-methyl/N-ethyl adjacent to an activating group) is 1. The molecule has 0 radical (unpaired) electrons. The van der Waals surface area contributed by atoms with Crippen molar-refractivity contribution in [2.75, 3.05) is 13.6 Å². The third-order valence-corrected chi connectivity index (χ3v) is 6.32. The summed E-state index contributed by atoms with van der Waals surface area (Å²) in [6.07, 6.45) is 0. The fraction of sp³-hybridized carbons (Fsp3) is 0.235. The molecular formula is C17H20N4O3S. The maximum atomic E-state index is 13.1. The van der Waals surface area contributed by atoms with Crippen LogP contribution < -0.4 is 11.4 Å². The van der Waals surface area contributed by atoms with Crippen LogP contribution in [0.1, 0.15) is 17.2 Å². The predicted octanol–water partition coefficient (Wildman–Crippen LogP) is 1.49. The largest absolute Gasteiger partial charge is 0.329 e. The summed E-state index contributed by atoms with van der Waals surface area (Å²) < 4.78 is 27.6. The summed E-state index contributed by atoms with van der Waals surface area (Å²) in [5.41, 5.74) is 7.88. The second-order valence-corrected chi connectivity index (χ2v) is 7.89. The monoisotopic (exact) mass is 360 g/mol. The van der Waals surface area contributed by atoms with E-state index in [1.807, 2.05) is 30.3 Å². The van der Waals surface area contributed by atoms with E-state index in [4.69, 9.17) is 5.73 Å². The molecule has 0 aliphatic heterocycles. The fourth-order valence-electron chi connectivity index (χ4n) is 2.94. The van der Waals surface area contributed by atoms with Crippen molar-refractivity contribution in [1.82, 2.24) is 14.3 Å². The molecule has 8 heteroatoms. The van der Waals surface area contributed by atoms with E-state index in [-0.39, 0.29) is 17.1 Å². The minimum atomic E-state index is -3.79. The summed E-state index contributed by atoms with van der Waals surface area (Å²) in [4.78, 5) is 16.8. The number of nitrogens with two attached hydrogens (primary N) is 1. The van der Waals surface area contributed by atoms with Gasteiger partial charge >= 0.3 is 5.69 Å². The first kappa shape index (κ1) is 17.4. The summed E-state index contributed by atoms with van der Waals surface area (Å²) in [5, 5.41) is 0. The summed E-state index contributed by atoms with van der Waals surface area (Å²) in [7, 11) is -2.28. The second-order valence-electron chi connectivity index (χ2n) is 5.93. The first-order valence-electron chi connectivity index (χ1n) is 7.80. The van der Waals surface area contributed by atoms with Crippen LogP contribution in [0.25, 0.3) is 11.0 Å². The van der Waals surface area contributed by atoms with Crippen molar-refractivity contribution in [3.63, 3.8) is 0 Å². The van der Waals surface area contributed by atoms with Crippen LogP contribution in [-0.4, -0.2) is 36.3 Å². The molecule has 25 heavy (non-hydrogen) atoms. The Labute approximate surface area is 145 Å². The highest BCUT2D eigenvalue weighted by Gasteiger charge is 2.30. The Morgan fingerprint density at radius 3 is 2.32 bits per heavy atom. The van der Waals surface area contributed by atoms with Gasteiger partial charge in [-0.25, -0.2) is 13.2 Å². The molecule has 7 nitrogen and oxygen atoms in total. The summed E-state index contributed by atoms with van der Waals surface area (Å²) in [6.45, 7) is 1.85. The molecule has 3 rings (SSSR count). The zero-order chi connectivity index (χ0) is 18.2. The van der Waals surface area contributed by atoms with Crippen LogP contribution in [-0.2, 0) is 10.0 Å². The van der Waals surface area contributed by atoms with Gasteiger partial charge in [-0.2, -0.15) is 4.31 Å². The number of benzene rings is 2. The number of aromatic nitrogens is 2. The number of aromatic amines is 2. The van der Waals surface area contributed by atoms with Crippen LogP contribution >= 0.6 is 0 Å². The molecule has 132 valence electrons. The average molecular weight is 360 g/mol. The lowest BCUT2D eigenvalue weighted by molar-refractivity contribution is 0.381. The van der Waals surface area contributed by atoms with Gasteiger partial charge in [0.25, 0.3) is 0 Å². The van der Waals surface area contributed by atoms with E-state index in [1.54, 1.807) is 13.0 Å².